The highest BCUT2D eigenvalue weighted by molar-refractivity contribution is 7.98. The number of rotatable bonds is 10. The smallest absolute Gasteiger partial charge is 0.248 e. The van der Waals surface area contributed by atoms with E-state index < -0.39 is 131 Å². The third kappa shape index (κ3) is 22.4. The number of likely N-dealkylation sites (N-methyl/N-ethyl adjacent to an activating group) is 2. The fraction of sp³-hybridized carbons (Fsp3) is 0.649. The molecule has 0 unspecified atom stereocenters. The molecule has 23 nitrogen and oxygen atoms in total. The number of carbonyl (C=O) groups is 11. The Morgan fingerprint density at radius 1 is 0.569 bits per heavy atom. The number of hydrogen-bond donors (Lipinski definition) is 8. The van der Waals surface area contributed by atoms with Gasteiger partial charge in [-0.2, -0.15) is 23.5 Å². The molecule has 0 spiro atoms. The molecule has 1 saturated heterocycles. The van der Waals surface area contributed by atoms with E-state index in [1.807, 2.05) is 74.5 Å². The average Bonchev–Trinajstić information content (AvgIpc) is 1.11. The van der Waals surface area contributed by atoms with Crippen LogP contribution in [0, 0.1) is 23.7 Å². The van der Waals surface area contributed by atoms with Crippen LogP contribution in [0.5, 0.6) is 0 Å². The Labute approximate surface area is 612 Å². The zero-order chi connectivity index (χ0) is 74.6. The van der Waals surface area contributed by atoms with Crippen molar-refractivity contribution in [3.05, 3.63) is 83.4 Å². The van der Waals surface area contributed by atoms with Gasteiger partial charge in [0.15, 0.2) is 0 Å². The second kappa shape index (κ2) is 38.5. The fourth-order valence-electron chi connectivity index (χ4n) is 14.4. The summed E-state index contributed by atoms with van der Waals surface area (Å²) >= 11 is 3.24. The van der Waals surface area contributed by atoms with E-state index >= 15 is 14.4 Å². The van der Waals surface area contributed by atoms with Gasteiger partial charge in [-0.1, -0.05) is 159 Å². The van der Waals surface area contributed by atoms with Crippen LogP contribution in [0.4, 0.5) is 0 Å². The van der Waals surface area contributed by atoms with Gasteiger partial charge in [0.25, 0.3) is 0 Å². The lowest BCUT2D eigenvalue weighted by molar-refractivity contribution is -0.148. The zero-order valence-corrected chi connectivity index (χ0v) is 64.1. The summed E-state index contributed by atoms with van der Waals surface area (Å²) in [4.78, 5) is 165. The van der Waals surface area contributed by atoms with Crippen molar-refractivity contribution in [3.63, 3.8) is 0 Å². The third-order valence-corrected chi connectivity index (χ3v) is 23.3. The predicted molar refractivity (Wildman–Crippen MR) is 400 cm³/mol. The number of amides is 11. The van der Waals surface area contributed by atoms with Gasteiger partial charge in [0.1, 0.15) is 59.4 Å². The predicted octanol–water partition coefficient (Wildman–Crippen LogP) is 7.24. The summed E-state index contributed by atoms with van der Waals surface area (Å²) in [7, 11) is 4.45. The van der Waals surface area contributed by atoms with E-state index in [4.69, 9.17) is 4.74 Å². The van der Waals surface area contributed by atoms with Gasteiger partial charge in [0.2, 0.25) is 65.0 Å². The first-order valence-corrected chi connectivity index (χ1v) is 39.3. The largest absolute Gasteiger partial charge is 0.379 e. The minimum absolute atomic E-state index is 0.0569. The van der Waals surface area contributed by atoms with E-state index in [0.29, 0.717) is 48.0 Å². The minimum atomic E-state index is -1.74. The molecule has 3 aromatic rings. The first kappa shape index (κ1) is 82.0. The van der Waals surface area contributed by atoms with Gasteiger partial charge >= 0.3 is 0 Å². The molecule has 0 aromatic heterocycles. The number of methoxy groups -OCH3 is 1. The molecule has 10 atom stereocenters. The maximum atomic E-state index is 15.4. The first-order chi connectivity index (χ1) is 48.4. The second-order valence-corrected chi connectivity index (χ2v) is 32.2. The summed E-state index contributed by atoms with van der Waals surface area (Å²) in [5.41, 5.74) is -0.420. The van der Waals surface area contributed by atoms with Gasteiger partial charge < -0.3 is 62.0 Å². The van der Waals surface area contributed by atoms with Gasteiger partial charge in [0.05, 0.1) is 6.10 Å². The number of nitrogens with one attached hydrogen (secondary N) is 8. The Hall–Kier alpha value is -7.25. The average molecular weight is 1450 g/mol. The summed E-state index contributed by atoms with van der Waals surface area (Å²) in [6, 6.07) is 12.3. The number of benzene rings is 3. The van der Waals surface area contributed by atoms with E-state index in [9.17, 15) is 38.4 Å². The monoisotopic (exact) mass is 1450 g/mol. The summed E-state index contributed by atoms with van der Waals surface area (Å²) in [5, 5.41) is 24.9. The Balaban J connectivity index is 1.18. The molecule has 8 N–H and O–H groups in total. The minimum Gasteiger partial charge on any atom is -0.379 e. The topological polar surface area (TPSA) is 303 Å². The van der Waals surface area contributed by atoms with E-state index in [-0.39, 0.29) is 55.9 Å². The van der Waals surface area contributed by atoms with Crippen molar-refractivity contribution in [2.75, 3.05) is 45.8 Å². The molecule has 2 saturated carbocycles. The molecule has 11 amide bonds. The second-order valence-electron chi connectivity index (χ2n) is 30.0. The Bertz CT molecular complexity index is 3410. The molecule has 0 radical (unpaired) electrons. The highest BCUT2D eigenvalue weighted by Gasteiger charge is 2.46. The summed E-state index contributed by atoms with van der Waals surface area (Å²) in [6.45, 7) is 17.0. The molecule has 2 bridgehead atoms. The lowest BCUT2D eigenvalue weighted by Gasteiger charge is -2.37. The molecular formula is C77H115N11O12S2. The normalized spacial score (nSPS) is 27.4. The van der Waals surface area contributed by atoms with Crippen LogP contribution >= 0.6 is 23.5 Å². The van der Waals surface area contributed by atoms with Crippen LogP contribution in [0.15, 0.2) is 66.7 Å². The number of fused-ring (bicyclic) bond motifs is 4. The van der Waals surface area contributed by atoms with Gasteiger partial charge in [-0.05, 0) is 118 Å². The number of nitrogens with zero attached hydrogens (tertiary/aromatic N) is 3. The molecule has 562 valence electrons. The van der Waals surface area contributed by atoms with Crippen LogP contribution in [0.25, 0.3) is 10.8 Å². The first-order valence-electron chi connectivity index (χ1n) is 36.9. The van der Waals surface area contributed by atoms with Crippen molar-refractivity contribution in [1.82, 2.24) is 57.2 Å². The molecule has 3 aromatic carbocycles. The molecule has 2 aliphatic heterocycles. The molecule has 3 fully saturated rings. The van der Waals surface area contributed by atoms with Crippen molar-refractivity contribution in [2.45, 2.75) is 249 Å². The highest BCUT2D eigenvalue weighted by atomic mass is 32.2. The van der Waals surface area contributed by atoms with Crippen LogP contribution in [0.3, 0.4) is 0 Å². The Morgan fingerprint density at radius 2 is 1.15 bits per heavy atom. The number of ether oxygens (including phenoxy) is 1. The molecule has 4 aliphatic rings. The van der Waals surface area contributed by atoms with Crippen molar-refractivity contribution in [2.24, 2.45) is 23.7 Å². The fourth-order valence-corrected chi connectivity index (χ4v) is 16.0. The van der Waals surface area contributed by atoms with Gasteiger partial charge in [-0.15, -0.1) is 0 Å². The van der Waals surface area contributed by atoms with Crippen LogP contribution in [-0.4, -0.2) is 191 Å². The number of thioether (sulfide) groups is 2. The third-order valence-electron chi connectivity index (χ3n) is 21.2. The molecule has 2 aliphatic carbocycles. The van der Waals surface area contributed by atoms with Crippen molar-refractivity contribution < 1.29 is 57.5 Å². The standard InChI is InChI=1S/C77H115N11O12S2/c1-47(2)65-71(95)82-60(43-53-27-18-15-19-28-53)72(96)88-38-24-35-61(88)69(93)83-64(51(7)100-13)73(97)86(11)62(44-57-33-23-32-56-31-20-21-34-58(56)57)70(94)84-76(8,9)74(98)79-50(6)67(91)81-59(42-52-25-16-14-17-26-52)68(92)85-77(10,48(3)4)75(99)80-49(5)66(90)78-37-40-102-46-55-30-22-29-54(41-55)45-101-39-36-63(89)87(65)12/h20-23,29-34,41,47-53,59-62,64-65H,14-19,24-28,35-40,42-46H2,1-13H3,(H,78,90)(H,79,98)(H,80,99)(H,81,91)(H,82,95)(H,83,93)(H,84,94)(H,85,92)/t49-,50-,51+,59-,60-,61-,62-,64-,65-,77-/m0/s1. The Morgan fingerprint density at radius 3 is 1.77 bits per heavy atom. The van der Waals surface area contributed by atoms with Crippen molar-refractivity contribution in [1.29, 1.82) is 0 Å². The highest BCUT2D eigenvalue weighted by Crippen LogP contribution is 2.32. The number of hydrogen-bond acceptors (Lipinski definition) is 14. The van der Waals surface area contributed by atoms with Crippen LogP contribution in [-0.2, 0) is 75.4 Å². The van der Waals surface area contributed by atoms with Gasteiger partial charge in [-0.25, -0.2) is 0 Å². The van der Waals surface area contributed by atoms with Gasteiger partial charge in [-0.3, -0.25) is 52.7 Å². The lowest BCUT2D eigenvalue weighted by atomic mass is 9.83. The SMILES string of the molecule is CO[C@H](C)[C@@H]1NC(=O)[C@@H]2CCCN2C(=O)[C@H](CC2CCCCC2)NC(=O)[C@H](C(C)C)N(C)C(=O)CCSCc2cccc(c2)CSCCNC(=O)[C@H](C)NC(=O)[C@](C)(C(C)C)NC(=O)[C@H](CC2CCCCC2)NC(=O)[C@H](C)NC(=O)C(C)(C)NC(=O)[C@H](Cc2cccc3ccccc23)N(C)C1=O. The quantitative estimate of drug-likeness (QED) is 0.0993. The van der Waals surface area contributed by atoms with Gasteiger partial charge in [0, 0.05) is 70.1 Å². The van der Waals surface area contributed by atoms with Crippen LogP contribution in [0.1, 0.15) is 182 Å². The van der Waals surface area contributed by atoms with Crippen LogP contribution in [0.2, 0.25) is 0 Å². The van der Waals surface area contributed by atoms with E-state index in [1.54, 1.807) is 65.2 Å². The Kier molecular flexibility index (Phi) is 31.0. The van der Waals surface area contributed by atoms with Crippen molar-refractivity contribution >= 4 is 99.3 Å². The summed E-state index contributed by atoms with van der Waals surface area (Å²) < 4.78 is 5.79. The molecular weight excluding hydrogens is 1340 g/mol. The zero-order valence-electron chi connectivity index (χ0n) is 62.5. The molecule has 102 heavy (non-hydrogen) atoms. The maximum absolute atomic E-state index is 15.4. The molecule has 7 rings (SSSR count). The maximum Gasteiger partial charge on any atom is 0.248 e. The van der Waals surface area contributed by atoms with E-state index in [2.05, 4.69) is 48.6 Å². The van der Waals surface area contributed by atoms with Crippen molar-refractivity contribution in [3.8, 4) is 0 Å². The lowest BCUT2D eigenvalue weighted by Crippen LogP contribution is -2.66. The summed E-state index contributed by atoms with van der Waals surface area (Å²) in [6.07, 6.45) is 9.82. The summed E-state index contributed by atoms with van der Waals surface area (Å²) in [5.74, 6) is -4.50. The number of carbonyl (C=O) groups excluding carboxylic acids is 11. The molecule has 25 heteroatoms. The van der Waals surface area contributed by atoms with E-state index in [0.717, 1.165) is 86.1 Å². The van der Waals surface area contributed by atoms with E-state index in [1.165, 1.54) is 49.6 Å². The van der Waals surface area contributed by atoms with Crippen LogP contribution < -0.4 is 42.5 Å². The molecule has 2 heterocycles.